The first kappa shape index (κ1) is 116. The Balaban J connectivity index is 0. The van der Waals surface area contributed by atoms with Gasteiger partial charge in [-0.3, -0.25) is 0 Å². The summed E-state index contributed by atoms with van der Waals surface area (Å²) in [5.41, 5.74) is 0. The zero-order valence-corrected chi connectivity index (χ0v) is 2.96. The summed E-state index contributed by atoms with van der Waals surface area (Å²) in [4.78, 5) is 0. The maximum absolute atomic E-state index is 0. The predicted molar refractivity (Wildman–Crippen MR) is 52.5 cm³/mol. The molecule has 0 nitrogen and oxygen atoms in total. The third-order valence-corrected chi connectivity index (χ3v) is 0. The van der Waals surface area contributed by atoms with Gasteiger partial charge in [0, 0.05) is 0 Å². The minimum absolute atomic E-state index is 0. The van der Waals surface area contributed by atoms with Gasteiger partial charge in [-0.2, -0.15) is 0 Å². The molecule has 0 heterocycles. The molecular weight excluding hydrogens is 141 g/mol. The Labute approximate surface area is 78.2 Å². The quantitative estimate of drug-likeness (QED) is 0.308. The Hall–Kier alpha value is 1.74. The van der Waals surface area contributed by atoms with E-state index in [1.54, 1.807) is 0 Å². The fourth-order valence-corrected chi connectivity index (χ4v) is 0. The average Bonchev–Trinajstić information content (AvgIpc) is 0. The Kier molecular flexibility index (Phi) is 1420. The summed E-state index contributed by atoms with van der Waals surface area (Å²) in [6, 6.07) is 0. The van der Waals surface area contributed by atoms with Gasteiger partial charge in [0.25, 0.3) is 0 Å². The van der Waals surface area contributed by atoms with E-state index in [0.29, 0.717) is 0 Å². The van der Waals surface area contributed by atoms with Crippen LogP contribution in [0.3, 0.4) is 0 Å². The number of hydrogen-bond acceptors (Lipinski definition) is 0. The topological polar surface area (TPSA) is 0 Å². The first-order valence-electron chi connectivity index (χ1n) is 0. The fourth-order valence-electron chi connectivity index (χ4n) is 0. The van der Waals surface area contributed by atoms with Gasteiger partial charge >= 0.3 is 45.1 Å². The van der Waals surface area contributed by atoms with Crippen LogP contribution in [-0.4, -0.2) is 52.5 Å². The molecule has 0 rings (SSSR count). The van der Waals surface area contributed by atoms with Gasteiger partial charge in [-0.15, -0.1) is 0 Å². The van der Waals surface area contributed by atoms with Crippen molar-refractivity contribution in [3.63, 3.8) is 0 Å². The average molecular weight is 159 g/mol. The van der Waals surface area contributed by atoms with Gasteiger partial charge in [-0.05, 0) is 0 Å². The van der Waals surface area contributed by atoms with Crippen molar-refractivity contribution < 1.29 is 26.2 Å². The first-order valence-corrected chi connectivity index (χ1v) is 0. The van der Waals surface area contributed by atoms with Crippen LogP contribution in [0.5, 0.6) is 0 Å². The summed E-state index contributed by atoms with van der Waals surface area (Å²) >= 11 is 0. The summed E-state index contributed by atoms with van der Waals surface area (Å²) < 4.78 is 0. The van der Waals surface area contributed by atoms with E-state index in [1.165, 1.54) is 0 Å². The molecule has 0 aliphatic carbocycles. The van der Waals surface area contributed by atoms with E-state index in [2.05, 4.69) is 0 Å². The van der Waals surface area contributed by atoms with Gasteiger partial charge < -0.3 is 0 Å². The summed E-state index contributed by atoms with van der Waals surface area (Å²) in [6.45, 7) is 0. The van der Waals surface area contributed by atoms with Crippen LogP contribution in [0.4, 0.5) is 0 Å². The van der Waals surface area contributed by atoms with Crippen LogP contribution < -0.4 is 0 Å². The molecule has 34 valence electrons. The molecule has 0 aliphatic heterocycles. The normalized spacial score (nSPS) is 0. The van der Waals surface area contributed by atoms with Crippen LogP contribution >= 0.6 is 0 Å². The van der Waals surface area contributed by atoms with Crippen molar-refractivity contribution in [2.75, 3.05) is 0 Å². The summed E-state index contributed by atoms with van der Waals surface area (Å²) in [5.74, 6) is 0. The minimum atomic E-state index is 0. The number of rotatable bonds is 0. The summed E-state index contributed by atoms with van der Waals surface area (Å²) in [6.07, 6.45) is 0. The molecule has 0 spiro atoms. The molecule has 6 heteroatoms. The largest absolute Gasteiger partial charge is 4.00 e. The first-order chi connectivity index (χ1) is 0. The van der Waals surface area contributed by atoms with Gasteiger partial charge in [-0.1, -0.05) is 33.7 Å². The molecule has 0 aromatic carbocycles. The van der Waals surface area contributed by atoms with Crippen molar-refractivity contribution in [2.24, 2.45) is 0 Å². The predicted octanol–water partition coefficient (Wildman–Crippen LogP) is -6.46. The van der Waals surface area contributed by atoms with E-state index in [1.807, 2.05) is 0 Å². The standard InChI is InChI=1S/4BH4.Li.Zr.H/h4*1H4;;;/q4*-1;;+4;. The van der Waals surface area contributed by atoms with E-state index < -0.39 is 0 Å². The molecule has 0 aromatic rings. The molecule has 0 amide bonds. The molecule has 0 N–H and O–H groups in total. The van der Waals surface area contributed by atoms with E-state index >= 15 is 0 Å². The Morgan fingerprint density at radius 2 is 0.500 bits per heavy atom. The maximum atomic E-state index is 0. The van der Waals surface area contributed by atoms with Crippen molar-refractivity contribution in [3.8, 4) is 0 Å². The SMILES string of the molecule is [BH4-].[BH4-].[BH4-].[BH4-].[LiH].[Zr+4]. The molecule has 0 aromatic heterocycles. The third kappa shape index (κ3) is 42.6. The second kappa shape index (κ2) is 73.3. The fraction of sp³-hybridized carbons (Fsp3) is 0. The van der Waals surface area contributed by atoms with Crippen molar-refractivity contribution in [2.45, 2.75) is 0 Å². The second-order valence-corrected chi connectivity index (χ2v) is 0. The molecule has 0 saturated heterocycles. The summed E-state index contributed by atoms with van der Waals surface area (Å²) in [7, 11) is 0. The second-order valence-electron chi connectivity index (χ2n) is 0. The van der Waals surface area contributed by atoms with Crippen LogP contribution in [0.1, 0.15) is 0 Å². The van der Waals surface area contributed by atoms with Crippen LogP contribution in [0.15, 0.2) is 0 Å². The molecule has 0 saturated carbocycles. The molecule has 0 atom stereocenters. The van der Waals surface area contributed by atoms with Gasteiger partial charge in [0.2, 0.25) is 0 Å². The van der Waals surface area contributed by atoms with Crippen molar-refractivity contribution in [3.05, 3.63) is 0 Å². The zero-order chi connectivity index (χ0) is 0. The monoisotopic (exact) mass is 158 g/mol. The van der Waals surface area contributed by atoms with E-state index in [0.717, 1.165) is 0 Å². The summed E-state index contributed by atoms with van der Waals surface area (Å²) in [5, 5.41) is 0. The molecule has 0 unspecified atom stereocenters. The maximum Gasteiger partial charge on any atom is 4.00 e. The molecule has 6 heavy (non-hydrogen) atoms. The van der Waals surface area contributed by atoms with E-state index in [9.17, 15) is 0 Å². The zero-order valence-electron chi connectivity index (χ0n) is 0.500. The third-order valence-electron chi connectivity index (χ3n) is 0. The molecule has 0 aliphatic rings. The molecule has 0 bridgehead atoms. The van der Waals surface area contributed by atoms with Crippen LogP contribution in [0, 0.1) is 0 Å². The van der Waals surface area contributed by atoms with Gasteiger partial charge in [0.05, 0.1) is 0 Å². The van der Waals surface area contributed by atoms with E-state index in [-0.39, 0.29) is 78.7 Å². The minimum Gasteiger partial charge on any atom is 4.00 e. The molecular formula is H17B4LiZr. The number of hydrogen-bond donors (Lipinski definition) is 0. The smallest absolute Gasteiger partial charge is 4.00 e. The van der Waals surface area contributed by atoms with Gasteiger partial charge in [-0.25, -0.2) is 0 Å². The molecule has 0 fully saturated rings. The Morgan fingerprint density at radius 1 is 0.500 bits per heavy atom. The van der Waals surface area contributed by atoms with Gasteiger partial charge in [0.15, 0.2) is 0 Å². The van der Waals surface area contributed by atoms with Crippen molar-refractivity contribution in [1.82, 2.24) is 0 Å². The van der Waals surface area contributed by atoms with Crippen LogP contribution in [0.25, 0.3) is 0 Å². The Morgan fingerprint density at radius 3 is 0.500 bits per heavy atom. The van der Waals surface area contributed by atoms with E-state index in [4.69, 9.17) is 0 Å². The van der Waals surface area contributed by atoms with Crippen molar-refractivity contribution >= 4 is 52.5 Å². The Bertz CT molecular complexity index is 7.51. The van der Waals surface area contributed by atoms with Gasteiger partial charge in [0.1, 0.15) is 0 Å². The van der Waals surface area contributed by atoms with Crippen LogP contribution in [0.2, 0.25) is 0 Å². The van der Waals surface area contributed by atoms with Crippen LogP contribution in [-0.2, 0) is 26.2 Å². The molecule has 0 radical (unpaired) electrons. The van der Waals surface area contributed by atoms with Crippen molar-refractivity contribution in [1.29, 1.82) is 0 Å².